The minimum atomic E-state index is -2.25. The van der Waals surface area contributed by atoms with Crippen molar-refractivity contribution in [2.45, 2.75) is 32.5 Å². The Morgan fingerprint density at radius 2 is 1.04 bits per heavy atom. The summed E-state index contributed by atoms with van der Waals surface area (Å²) in [6, 6.07) is 72.9. The molecule has 7 aromatic carbocycles. The zero-order chi connectivity index (χ0) is 46.7. The molecule has 4 aromatic heterocycles. The maximum Gasteiger partial charge on any atom is 3.00 e. The number of aromatic nitrogens is 3. The normalized spacial score (nSPS) is 12.0. The van der Waals surface area contributed by atoms with Crippen molar-refractivity contribution in [3.63, 3.8) is 0 Å². The zero-order valence-electron chi connectivity index (χ0n) is 39.5. The van der Waals surface area contributed by atoms with Crippen LogP contribution in [-0.2, 0) is 45.8 Å². The summed E-state index contributed by atoms with van der Waals surface area (Å²) in [5.74, 6) is 0. The molecule has 0 spiro atoms. The summed E-state index contributed by atoms with van der Waals surface area (Å²) in [5, 5.41) is 2.08. The van der Waals surface area contributed by atoms with Gasteiger partial charge >= 0.3 is 20.1 Å². The molecule has 0 atom stereocenters. The van der Waals surface area contributed by atoms with Gasteiger partial charge in [-0.1, -0.05) is 133 Å². The number of hydrogen-bond donors (Lipinski definition) is 0. The van der Waals surface area contributed by atoms with Crippen molar-refractivity contribution in [2.75, 3.05) is 0 Å². The van der Waals surface area contributed by atoms with E-state index < -0.39 is 6.85 Å². The molecular weight excluding hydrogens is 995 g/mol. The standard InChI is InChI=1S/C62H44N3O.Ir/c1-42-16-32-60(65-41-42)50-29-31-54(56(40-50)49-30-33-62-57(39-49)55-12-4-5-15-61(55)66-62)53-11-3-2-10-52(53)51-37-45(19-17-43-21-25-47(26-22-43)58-13-6-8-34-63-58)36-46(38-51)20-18-44-23-27-48(28-24-44)59-14-7-9-35-64-59;/h2-16,21-25,27,30-41H,17-20H2,1H3;/q-3;+3/i1D3;. The third kappa shape index (κ3) is 9.44. The first-order chi connectivity index (χ1) is 33.8. The molecule has 0 aliphatic heterocycles. The van der Waals surface area contributed by atoms with E-state index in [2.05, 4.69) is 142 Å². The summed E-state index contributed by atoms with van der Waals surface area (Å²) in [6.45, 7) is -2.25. The Hall–Kier alpha value is -7.56. The Kier molecular flexibility index (Phi) is 11.6. The second-order valence-corrected chi connectivity index (χ2v) is 16.7. The van der Waals surface area contributed by atoms with Crippen LogP contribution in [0.5, 0.6) is 0 Å². The molecule has 67 heavy (non-hydrogen) atoms. The number of rotatable bonds is 12. The topological polar surface area (TPSA) is 51.8 Å². The van der Waals surface area contributed by atoms with Crippen LogP contribution in [0.15, 0.2) is 205 Å². The minimum Gasteiger partial charge on any atom is -0.456 e. The van der Waals surface area contributed by atoms with Gasteiger partial charge in [0.25, 0.3) is 0 Å². The van der Waals surface area contributed by atoms with Crippen LogP contribution in [0, 0.1) is 25.1 Å². The fraction of sp³-hybridized carbons (Fsp3) is 0.0806. The van der Waals surface area contributed by atoms with Crippen LogP contribution in [0.3, 0.4) is 0 Å². The van der Waals surface area contributed by atoms with Crippen LogP contribution in [0.1, 0.15) is 31.9 Å². The Bertz CT molecular complexity index is 3470. The molecule has 0 radical (unpaired) electrons. The van der Waals surface area contributed by atoms with Gasteiger partial charge in [-0.15, -0.1) is 94.5 Å². The van der Waals surface area contributed by atoms with Gasteiger partial charge in [0.15, 0.2) is 0 Å². The van der Waals surface area contributed by atoms with E-state index in [1.54, 1.807) is 12.1 Å². The van der Waals surface area contributed by atoms with Gasteiger partial charge in [0.05, 0.1) is 0 Å². The Labute approximate surface area is 409 Å². The van der Waals surface area contributed by atoms with E-state index in [9.17, 15) is 0 Å². The van der Waals surface area contributed by atoms with Crippen LogP contribution < -0.4 is 0 Å². The number of benzene rings is 7. The smallest absolute Gasteiger partial charge is 0.456 e. The molecule has 4 nitrogen and oxygen atoms in total. The largest absolute Gasteiger partial charge is 3.00 e. The van der Waals surface area contributed by atoms with Gasteiger partial charge in [0.1, 0.15) is 11.2 Å². The quantitative estimate of drug-likeness (QED) is 0.114. The number of hydrogen-bond acceptors (Lipinski definition) is 4. The first-order valence-electron chi connectivity index (χ1n) is 23.8. The maximum atomic E-state index is 7.91. The number of para-hydroxylation sites is 1. The van der Waals surface area contributed by atoms with Gasteiger partial charge in [-0.2, -0.15) is 0 Å². The molecule has 0 bridgehead atoms. The average molecular weight is 1040 g/mol. The van der Waals surface area contributed by atoms with Crippen molar-refractivity contribution >= 4 is 21.9 Å². The molecule has 0 aliphatic carbocycles. The van der Waals surface area contributed by atoms with Crippen molar-refractivity contribution < 1.29 is 28.6 Å². The molecule has 322 valence electrons. The summed E-state index contributed by atoms with van der Waals surface area (Å²) in [4.78, 5) is 13.7. The van der Waals surface area contributed by atoms with Crippen LogP contribution in [0.25, 0.3) is 89.1 Å². The second-order valence-electron chi connectivity index (χ2n) is 16.7. The third-order valence-corrected chi connectivity index (χ3v) is 12.3. The van der Waals surface area contributed by atoms with E-state index in [4.69, 9.17) is 8.53 Å². The number of pyridine rings is 3. The van der Waals surface area contributed by atoms with E-state index in [1.165, 1.54) is 28.5 Å². The molecular formula is C62H44IrN3O. The Balaban J connectivity index is 0.00000567. The second kappa shape index (κ2) is 19.5. The van der Waals surface area contributed by atoms with E-state index in [0.29, 0.717) is 5.69 Å². The minimum absolute atomic E-state index is 0. The van der Waals surface area contributed by atoms with Gasteiger partial charge in [0.2, 0.25) is 0 Å². The zero-order valence-corrected chi connectivity index (χ0v) is 38.9. The van der Waals surface area contributed by atoms with Gasteiger partial charge in [0, 0.05) is 33.5 Å². The Morgan fingerprint density at radius 3 is 1.67 bits per heavy atom. The molecule has 0 saturated carbocycles. The first-order valence-corrected chi connectivity index (χ1v) is 22.3. The van der Waals surface area contributed by atoms with Crippen molar-refractivity contribution in [1.29, 1.82) is 0 Å². The molecule has 11 rings (SSSR count). The van der Waals surface area contributed by atoms with E-state index in [0.717, 1.165) is 109 Å². The summed E-state index contributed by atoms with van der Waals surface area (Å²) < 4.78 is 30.0. The van der Waals surface area contributed by atoms with Crippen molar-refractivity contribution in [3.05, 3.63) is 247 Å². The molecule has 0 fully saturated rings. The first kappa shape index (κ1) is 39.8. The van der Waals surface area contributed by atoms with Crippen molar-refractivity contribution in [1.82, 2.24) is 15.0 Å². The van der Waals surface area contributed by atoms with Crippen molar-refractivity contribution in [3.8, 4) is 67.2 Å². The van der Waals surface area contributed by atoms with Gasteiger partial charge in [-0.05, 0) is 100 Å². The predicted octanol–water partition coefficient (Wildman–Crippen LogP) is 15.0. The van der Waals surface area contributed by atoms with Crippen LogP contribution in [0.4, 0.5) is 0 Å². The molecule has 0 unspecified atom stereocenters. The van der Waals surface area contributed by atoms with Gasteiger partial charge in [-0.25, -0.2) is 0 Å². The fourth-order valence-electron chi connectivity index (χ4n) is 8.89. The number of fused-ring (bicyclic) bond motifs is 3. The SMILES string of the molecule is [2H]C([2H])([2H])c1ccc(-c2[c-]cc(-c3ccccc3-c3cc(CCc4c[c-]c(-c5ccccn5)cc4)cc(CCc4c[c-]c(-c5ccccn5)cc4)c3)c(-c3ccc4oc5ccccc5c4c3)c2)nc1.[Ir+3]. The van der Waals surface area contributed by atoms with Crippen LogP contribution in [0.2, 0.25) is 0 Å². The maximum absolute atomic E-state index is 7.91. The number of furan rings is 1. The summed E-state index contributed by atoms with van der Waals surface area (Å²) in [6.07, 6.45) is 8.50. The molecule has 11 aromatic rings. The van der Waals surface area contributed by atoms with Crippen LogP contribution in [-0.4, -0.2) is 15.0 Å². The number of nitrogens with zero attached hydrogens (tertiary/aromatic N) is 3. The van der Waals surface area contributed by atoms with Crippen LogP contribution >= 0.6 is 0 Å². The summed E-state index contributed by atoms with van der Waals surface area (Å²) in [5.41, 5.74) is 18.4. The number of aryl methyl sites for hydroxylation is 5. The predicted molar refractivity (Wildman–Crippen MR) is 269 cm³/mol. The molecule has 0 saturated heterocycles. The van der Waals surface area contributed by atoms with E-state index in [-0.39, 0.29) is 25.7 Å². The van der Waals surface area contributed by atoms with Gasteiger partial charge in [-0.3, -0.25) is 0 Å². The molecule has 4 heterocycles. The summed E-state index contributed by atoms with van der Waals surface area (Å²) in [7, 11) is 0. The molecule has 0 N–H and O–H groups in total. The van der Waals surface area contributed by atoms with E-state index in [1.807, 2.05) is 73.1 Å². The third-order valence-electron chi connectivity index (χ3n) is 12.3. The summed E-state index contributed by atoms with van der Waals surface area (Å²) >= 11 is 0. The Morgan fingerprint density at radius 1 is 0.433 bits per heavy atom. The molecule has 0 aliphatic rings. The van der Waals surface area contributed by atoms with E-state index >= 15 is 0 Å². The average Bonchev–Trinajstić information content (AvgIpc) is 3.78. The fourth-order valence-corrected chi connectivity index (χ4v) is 8.89. The molecule has 5 heteroatoms. The monoisotopic (exact) mass is 1040 g/mol. The van der Waals surface area contributed by atoms with Gasteiger partial charge < -0.3 is 19.4 Å². The molecule has 0 amide bonds. The van der Waals surface area contributed by atoms with Crippen molar-refractivity contribution in [2.24, 2.45) is 0 Å².